The van der Waals surface area contributed by atoms with E-state index in [1.807, 2.05) is 0 Å². The van der Waals surface area contributed by atoms with Crippen LogP contribution in [0.5, 0.6) is 0 Å². The van der Waals surface area contributed by atoms with Gasteiger partial charge in [0, 0.05) is 18.1 Å². The van der Waals surface area contributed by atoms with Gasteiger partial charge in [0.05, 0.1) is 29.8 Å². The molecule has 0 spiro atoms. The van der Waals surface area contributed by atoms with Crippen LogP contribution < -0.4 is 5.56 Å². The van der Waals surface area contributed by atoms with Crippen LogP contribution in [0.25, 0.3) is 10.9 Å². The number of likely N-dealkylation sites (tertiary alicyclic amines) is 1. The van der Waals surface area contributed by atoms with Crippen molar-refractivity contribution in [2.24, 2.45) is 5.92 Å². The number of esters is 1. The quantitative estimate of drug-likeness (QED) is 0.759. The summed E-state index contributed by atoms with van der Waals surface area (Å²) in [6, 6.07) is 4.87. The number of carbonyl (C=O) groups excluding carboxylic acids is 2. The third kappa shape index (κ3) is 3.88. The van der Waals surface area contributed by atoms with Gasteiger partial charge in [0.1, 0.15) is 6.54 Å². The standard InChI is InChI=1S/C18H20ClN3O4/c1-2-26-18(25)12-4-3-7-21(9-12)16(23)10-22-11-20-15-6-5-13(19)8-14(15)17(22)24/h5-6,8,11-12H,2-4,7,9-10H2,1H3/t12-/m0/s1. The van der Waals surface area contributed by atoms with Crippen LogP contribution in [0.1, 0.15) is 19.8 Å². The molecule has 2 heterocycles. The van der Waals surface area contributed by atoms with Crippen LogP contribution in [0.15, 0.2) is 29.3 Å². The second kappa shape index (κ2) is 7.86. The summed E-state index contributed by atoms with van der Waals surface area (Å²) in [6.07, 6.45) is 2.80. The zero-order valence-electron chi connectivity index (χ0n) is 14.5. The molecular weight excluding hydrogens is 358 g/mol. The van der Waals surface area contributed by atoms with Gasteiger partial charge in [-0.05, 0) is 38.0 Å². The number of hydrogen-bond acceptors (Lipinski definition) is 5. The highest BCUT2D eigenvalue weighted by Crippen LogP contribution is 2.18. The minimum absolute atomic E-state index is 0.121. The molecule has 0 unspecified atom stereocenters. The van der Waals surface area contributed by atoms with Gasteiger partial charge in [0.25, 0.3) is 5.56 Å². The summed E-state index contributed by atoms with van der Waals surface area (Å²) in [5.74, 6) is -0.800. The number of hydrogen-bond donors (Lipinski definition) is 0. The van der Waals surface area contributed by atoms with E-state index in [-0.39, 0.29) is 29.9 Å². The molecule has 1 aliphatic rings. The molecule has 7 nitrogen and oxygen atoms in total. The second-order valence-electron chi connectivity index (χ2n) is 6.27. The fraction of sp³-hybridized carbons (Fsp3) is 0.444. The van der Waals surface area contributed by atoms with Gasteiger partial charge >= 0.3 is 5.97 Å². The molecular formula is C18H20ClN3O4. The Bertz CT molecular complexity index is 896. The summed E-state index contributed by atoms with van der Waals surface area (Å²) in [6.45, 7) is 2.85. The van der Waals surface area contributed by atoms with Gasteiger partial charge in [-0.25, -0.2) is 4.98 Å². The first-order chi connectivity index (χ1) is 12.5. The Morgan fingerprint density at radius 1 is 1.38 bits per heavy atom. The lowest BCUT2D eigenvalue weighted by atomic mass is 9.98. The van der Waals surface area contributed by atoms with E-state index in [0.717, 1.165) is 6.42 Å². The fourth-order valence-corrected chi connectivity index (χ4v) is 3.32. The van der Waals surface area contributed by atoms with Gasteiger partial charge in [-0.1, -0.05) is 11.6 Å². The van der Waals surface area contributed by atoms with Gasteiger partial charge in [0.15, 0.2) is 0 Å². The van der Waals surface area contributed by atoms with E-state index in [9.17, 15) is 14.4 Å². The van der Waals surface area contributed by atoms with Crippen molar-refractivity contribution in [3.05, 3.63) is 39.9 Å². The molecule has 2 aromatic rings. The van der Waals surface area contributed by atoms with Crippen molar-refractivity contribution in [1.29, 1.82) is 0 Å². The topological polar surface area (TPSA) is 81.5 Å². The van der Waals surface area contributed by atoms with E-state index < -0.39 is 0 Å². The molecule has 1 saturated heterocycles. The monoisotopic (exact) mass is 377 g/mol. The number of halogens is 1. The molecule has 0 N–H and O–H groups in total. The molecule has 138 valence electrons. The van der Waals surface area contributed by atoms with Crippen molar-refractivity contribution in [1.82, 2.24) is 14.5 Å². The van der Waals surface area contributed by atoms with Crippen LogP contribution in [-0.4, -0.2) is 46.0 Å². The van der Waals surface area contributed by atoms with Crippen LogP contribution in [0.3, 0.4) is 0 Å². The van der Waals surface area contributed by atoms with Gasteiger partial charge in [0.2, 0.25) is 5.91 Å². The summed E-state index contributed by atoms with van der Waals surface area (Å²) >= 11 is 5.95. The van der Waals surface area contributed by atoms with Crippen molar-refractivity contribution < 1.29 is 14.3 Å². The number of benzene rings is 1. The Morgan fingerprint density at radius 2 is 2.19 bits per heavy atom. The van der Waals surface area contributed by atoms with E-state index in [0.29, 0.717) is 42.0 Å². The average molecular weight is 378 g/mol. The summed E-state index contributed by atoms with van der Waals surface area (Å²) < 4.78 is 6.32. The second-order valence-corrected chi connectivity index (χ2v) is 6.71. The Hall–Kier alpha value is -2.41. The molecule has 1 fully saturated rings. The van der Waals surface area contributed by atoms with Crippen LogP contribution in [0.2, 0.25) is 5.02 Å². The molecule has 0 saturated carbocycles. The molecule has 3 rings (SSSR count). The maximum Gasteiger partial charge on any atom is 0.310 e. The minimum Gasteiger partial charge on any atom is -0.466 e. The van der Waals surface area contributed by atoms with Crippen LogP contribution >= 0.6 is 11.6 Å². The first-order valence-corrected chi connectivity index (χ1v) is 8.96. The summed E-state index contributed by atoms with van der Waals surface area (Å²) in [4.78, 5) is 42.9. The van der Waals surface area contributed by atoms with Gasteiger partial charge in [-0.2, -0.15) is 0 Å². The van der Waals surface area contributed by atoms with Gasteiger partial charge in [-0.15, -0.1) is 0 Å². The third-order valence-electron chi connectivity index (χ3n) is 4.49. The van der Waals surface area contributed by atoms with Crippen molar-refractivity contribution in [3.63, 3.8) is 0 Å². The smallest absolute Gasteiger partial charge is 0.310 e. The number of aromatic nitrogens is 2. The van der Waals surface area contributed by atoms with Crippen molar-refractivity contribution in [2.75, 3.05) is 19.7 Å². The molecule has 1 aromatic carbocycles. The van der Waals surface area contributed by atoms with Crippen molar-refractivity contribution in [3.8, 4) is 0 Å². The third-order valence-corrected chi connectivity index (χ3v) is 4.72. The Morgan fingerprint density at radius 3 is 2.96 bits per heavy atom. The molecule has 1 atom stereocenters. The van der Waals surface area contributed by atoms with Crippen molar-refractivity contribution in [2.45, 2.75) is 26.3 Å². The predicted octanol–water partition coefficient (Wildman–Crippen LogP) is 1.85. The number of carbonyl (C=O) groups is 2. The van der Waals surface area contributed by atoms with E-state index in [2.05, 4.69) is 4.98 Å². The molecule has 0 radical (unpaired) electrons. The first kappa shape index (κ1) is 18.4. The number of rotatable bonds is 4. The average Bonchev–Trinajstić information content (AvgIpc) is 2.64. The zero-order valence-corrected chi connectivity index (χ0v) is 15.2. The Balaban J connectivity index is 1.75. The largest absolute Gasteiger partial charge is 0.466 e. The summed E-state index contributed by atoms with van der Waals surface area (Å²) in [5.41, 5.74) is 0.216. The minimum atomic E-state index is -0.315. The highest BCUT2D eigenvalue weighted by Gasteiger charge is 2.29. The molecule has 26 heavy (non-hydrogen) atoms. The molecule has 1 aromatic heterocycles. The SMILES string of the molecule is CCOC(=O)[C@H]1CCCN(C(=O)Cn2cnc3ccc(Cl)cc3c2=O)C1. The zero-order chi connectivity index (χ0) is 18.7. The molecule has 8 heteroatoms. The lowest BCUT2D eigenvalue weighted by Crippen LogP contribution is -2.45. The maximum atomic E-state index is 12.6. The van der Waals surface area contributed by atoms with E-state index >= 15 is 0 Å². The summed E-state index contributed by atoms with van der Waals surface area (Å²) in [7, 11) is 0. The maximum absolute atomic E-state index is 12.6. The number of piperidine rings is 1. The number of amides is 1. The van der Waals surface area contributed by atoms with Gasteiger partial charge < -0.3 is 9.64 Å². The number of fused-ring (bicyclic) bond motifs is 1. The van der Waals surface area contributed by atoms with Crippen molar-refractivity contribution >= 4 is 34.4 Å². The van der Waals surface area contributed by atoms with Crippen LogP contribution in [0.4, 0.5) is 0 Å². The van der Waals surface area contributed by atoms with E-state index in [1.165, 1.54) is 10.9 Å². The lowest BCUT2D eigenvalue weighted by Gasteiger charge is -2.31. The van der Waals surface area contributed by atoms with Crippen LogP contribution in [0, 0.1) is 5.92 Å². The predicted molar refractivity (Wildman–Crippen MR) is 97.0 cm³/mol. The highest BCUT2D eigenvalue weighted by atomic mass is 35.5. The number of nitrogens with zero attached hydrogens (tertiary/aromatic N) is 3. The molecule has 0 aliphatic carbocycles. The van der Waals surface area contributed by atoms with E-state index in [1.54, 1.807) is 30.0 Å². The molecule has 1 aliphatic heterocycles. The number of ether oxygens (including phenoxy) is 1. The fourth-order valence-electron chi connectivity index (χ4n) is 3.15. The first-order valence-electron chi connectivity index (χ1n) is 8.58. The normalized spacial score (nSPS) is 17.3. The molecule has 1 amide bonds. The molecule has 0 bridgehead atoms. The van der Waals surface area contributed by atoms with Gasteiger partial charge in [-0.3, -0.25) is 19.0 Å². The Labute approximate surface area is 155 Å². The Kier molecular flexibility index (Phi) is 5.56. The summed E-state index contributed by atoms with van der Waals surface area (Å²) in [5, 5.41) is 0.810. The van der Waals surface area contributed by atoms with E-state index in [4.69, 9.17) is 16.3 Å². The lowest BCUT2D eigenvalue weighted by molar-refractivity contribution is -0.151. The van der Waals surface area contributed by atoms with Crippen LogP contribution in [-0.2, 0) is 20.9 Å². The highest BCUT2D eigenvalue weighted by molar-refractivity contribution is 6.31.